The predicted molar refractivity (Wildman–Crippen MR) is 102 cm³/mol. The van der Waals surface area contributed by atoms with Gasteiger partial charge in [-0.1, -0.05) is 18.2 Å². The molecule has 0 spiro atoms. The van der Waals surface area contributed by atoms with Gasteiger partial charge in [-0.05, 0) is 42.3 Å². The van der Waals surface area contributed by atoms with Crippen molar-refractivity contribution in [2.45, 2.75) is 19.4 Å². The van der Waals surface area contributed by atoms with Crippen LogP contribution in [0.25, 0.3) is 10.9 Å². The Hall–Kier alpha value is -3.08. The van der Waals surface area contributed by atoms with E-state index in [1.807, 2.05) is 71.2 Å². The molecule has 5 heteroatoms. The van der Waals surface area contributed by atoms with E-state index in [9.17, 15) is 9.59 Å². The molecule has 0 aliphatic carbocycles. The monoisotopic (exact) mass is 347 g/mol. The Balaban J connectivity index is 1.54. The second kappa shape index (κ2) is 6.67. The maximum Gasteiger partial charge on any atom is 0.256 e. The van der Waals surface area contributed by atoms with E-state index in [1.54, 1.807) is 0 Å². The number of anilines is 1. The van der Waals surface area contributed by atoms with Crippen molar-refractivity contribution >= 4 is 28.4 Å². The molecule has 132 valence electrons. The highest BCUT2D eigenvalue weighted by molar-refractivity contribution is 6.12. The fourth-order valence-corrected chi connectivity index (χ4v) is 3.54. The van der Waals surface area contributed by atoms with Crippen LogP contribution in [0.3, 0.4) is 0 Å². The number of amides is 2. The van der Waals surface area contributed by atoms with Crippen molar-refractivity contribution in [3.8, 4) is 0 Å². The number of rotatable bonds is 4. The molecule has 2 amide bonds. The number of nitrogens with zero attached hydrogens (tertiary/aromatic N) is 2. The molecule has 2 heterocycles. The summed E-state index contributed by atoms with van der Waals surface area (Å²) < 4.78 is 2.00. The van der Waals surface area contributed by atoms with Gasteiger partial charge in [0.05, 0.1) is 0 Å². The number of carbonyl (C=O) groups excluding carboxylic acids is 2. The minimum atomic E-state index is -0.129. The van der Waals surface area contributed by atoms with Crippen molar-refractivity contribution in [1.29, 1.82) is 0 Å². The highest BCUT2D eigenvalue weighted by atomic mass is 16.2. The van der Waals surface area contributed by atoms with E-state index in [0.717, 1.165) is 35.1 Å². The smallest absolute Gasteiger partial charge is 0.256 e. The van der Waals surface area contributed by atoms with E-state index in [4.69, 9.17) is 0 Å². The van der Waals surface area contributed by atoms with Crippen molar-refractivity contribution in [3.05, 3.63) is 65.9 Å². The van der Waals surface area contributed by atoms with Crippen LogP contribution in [0.15, 0.2) is 54.7 Å². The molecule has 1 aliphatic rings. The Morgan fingerprint density at radius 3 is 2.81 bits per heavy atom. The number of nitrogens with one attached hydrogen (secondary N) is 1. The third-order valence-electron chi connectivity index (χ3n) is 4.90. The van der Waals surface area contributed by atoms with Crippen LogP contribution in [0.2, 0.25) is 0 Å². The zero-order valence-corrected chi connectivity index (χ0v) is 14.7. The van der Waals surface area contributed by atoms with E-state index in [-0.39, 0.29) is 11.8 Å². The summed E-state index contributed by atoms with van der Waals surface area (Å²) in [5.41, 5.74) is 3.45. The van der Waals surface area contributed by atoms with Crippen molar-refractivity contribution in [1.82, 2.24) is 9.47 Å². The first-order valence-corrected chi connectivity index (χ1v) is 8.84. The quantitative estimate of drug-likeness (QED) is 0.785. The maximum atomic E-state index is 12.8. The van der Waals surface area contributed by atoms with Crippen molar-refractivity contribution in [2.24, 2.45) is 7.05 Å². The summed E-state index contributed by atoms with van der Waals surface area (Å²) in [6, 6.07) is 15.4. The van der Waals surface area contributed by atoms with E-state index in [1.165, 1.54) is 0 Å². The largest absolute Gasteiger partial charge is 0.351 e. The number of benzene rings is 2. The van der Waals surface area contributed by atoms with E-state index >= 15 is 0 Å². The standard InChI is InChI=1S/C21H21N3O2/c1-23-12-10-17-18(7-3-8-19(17)23)21(26)22-16-6-2-5-15(13-16)14-24-11-4-9-20(24)25/h2-3,5-8,10,12-13H,4,9,11,14H2,1H3,(H,22,26). The summed E-state index contributed by atoms with van der Waals surface area (Å²) in [5.74, 6) is 0.0754. The SMILES string of the molecule is Cn1ccc2c(C(=O)Nc3cccc(CN4CCCC4=O)c3)cccc21. The lowest BCUT2D eigenvalue weighted by Crippen LogP contribution is -2.23. The first kappa shape index (κ1) is 16.4. The van der Waals surface area contributed by atoms with Crippen molar-refractivity contribution in [3.63, 3.8) is 0 Å². The molecule has 2 aromatic carbocycles. The Morgan fingerprint density at radius 2 is 2.00 bits per heavy atom. The van der Waals surface area contributed by atoms with Gasteiger partial charge in [0, 0.05) is 54.9 Å². The lowest BCUT2D eigenvalue weighted by atomic mass is 10.1. The van der Waals surface area contributed by atoms with Crippen LogP contribution in [0.5, 0.6) is 0 Å². The minimum Gasteiger partial charge on any atom is -0.351 e. The molecule has 3 aromatic rings. The summed E-state index contributed by atoms with van der Waals surface area (Å²) in [6.45, 7) is 1.40. The second-order valence-corrected chi connectivity index (χ2v) is 6.74. The lowest BCUT2D eigenvalue weighted by Gasteiger charge is -2.16. The van der Waals surface area contributed by atoms with Crippen LogP contribution in [0.4, 0.5) is 5.69 Å². The fourth-order valence-electron chi connectivity index (χ4n) is 3.54. The van der Waals surface area contributed by atoms with Gasteiger partial charge in [0.15, 0.2) is 0 Å². The molecule has 0 atom stereocenters. The topological polar surface area (TPSA) is 54.3 Å². The minimum absolute atomic E-state index is 0.129. The highest BCUT2D eigenvalue weighted by Crippen LogP contribution is 2.22. The zero-order chi connectivity index (χ0) is 18.1. The average Bonchev–Trinajstić information content (AvgIpc) is 3.21. The van der Waals surface area contributed by atoms with Gasteiger partial charge < -0.3 is 14.8 Å². The first-order chi connectivity index (χ1) is 12.6. The van der Waals surface area contributed by atoms with E-state index in [0.29, 0.717) is 18.5 Å². The molecule has 26 heavy (non-hydrogen) atoms. The normalized spacial score (nSPS) is 14.2. The maximum absolute atomic E-state index is 12.8. The van der Waals surface area contributed by atoms with Crippen LogP contribution in [-0.4, -0.2) is 27.8 Å². The summed E-state index contributed by atoms with van der Waals surface area (Å²) >= 11 is 0. The average molecular weight is 347 g/mol. The summed E-state index contributed by atoms with van der Waals surface area (Å²) in [7, 11) is 1.97. The molecule has 0 bridgehead atoms. The molecule has 1 aromatic heterocycles. The Labute approximate surface area is 152 Å². The number of hydrogen-bond acceptors (Lipinski definition) is 2. The van der Waals surface area contributed by atoms with Gasteiger partial charge in [-0.2, -0.15) is 0 Å². The number of carbonyl (C=O) groups is 2. The van der Waals surface area contributed by atoms with Crippen LogP contribution >= 0.6 is 0 Å². The number of aromatic nitrogens is 1. The van der Waals surface area contributed by atoms with Crippen LogP contribution in [0, 0.1) is 0 Å². The number of hydrogen-bond donors (Lipinski definition) is 1. The van der Waals surface area contributed by atoms with Gasteiger partial charge >= 0.3 is 0 Å². The molecule has 0 saturated carbocycles. The zero-order valence-electron chi connectivity index (χ0n) is 14.7. The van der Waals surface area contributed by atoms with Crippen molar-refractivity contribution in [2.75, 3.05) is 11.9 Å². The number of likely N-dealkylation sites (tertiary alicyclic amines) is 1. The molecule has 1 N–H and O–H groups in total. The van der Waals surface area contributed by atoms with Gasteiger partial charge in [0.25, 0.3) is 5.91 Å². The molecule has 1 saturated heterocycles. The van der Waals surface area contributed by atoms with Crippen molar-refractivity contribution < 1.29 is 9.59 Å². The highest BCUT2D eigenvalue weighted by Gasteiger charge is 2.20. The summed E-state index contributed by atoms with van der Waals surface area (Å²) in [6.07, 6.45) is 3.52. The Kier molecular flexibility index (Phi) is 4.21. The van der Waals surface area contributed by atoms with Gasteiger partial charge in [-0.3, -0.25) is 9.59 Å². The Bertz CT molecular complexity index is 990. The summed E-state index contributed by atoms with van der Waals surface area (Å²) in [5, 5.41) is 3.92. The predicted octanol–water partition coefficient (Wildman–Crippen LogP) is 3.55. The molecule has 5 nitrogen and oxygen atoms in total. The van der Waals surface area contributed by atoms with Gasteiger partial charge in [0.1, 0.15) is 0 Å². The number of aryl methyl sites for hydroxylation is 1. The van der Waals surface area contributed by atoms with E-state index in [2.05, 4.69) is 5.32 Å². The molecule has 1 aliphatic heterocycles. The molecule has 1 fully saturated rings. The Morgan fingerprint density at radius 1 is 1.15 bits per heavy atom. The summed E-state index contributed by atoms with van der Waals surface area (Å²) in [4.78, 5) is 26.4. The van der Waals surface area contributed by atoms with Crippen LogP contribution in [-0.2, 0) is 18.4 Å². The van der Waals surface area contributed by atoms with Gasteiger partial charge in [-0.15, -0.1) is 0 Å². The lowest BCUT2D eigenvalue weighted by molar-refractivity contribution is -0.128. The number of fused-ring (bicyclic) bond motifs is 1. The molecule has 0 unspecified atom stereocenters. The molecule has 0 radical (unpaired) electrons. The van der Waals surface area contributed by atoms with Crippen LogP contribution in [0.1, 0.15) is 28.8 Å². The molecular weight excluding hydrogens is 326 g/mol. The molecular formula is C21H21N3O2. The van der Waals surface area contributed by atoms with Gasteiger partial charge in [0.2, 0.25) is 5.91 Å². The third-order valence-corrected chi connectivity index (χ3v) is 4.90. The molecule has 4 rings (SSSR count). The third kappa shape index (κ3) is 3.08. The van der Waals surface area contributed by atoms with E-state index < -0.39 is 0 Å². The van der Waals surface area contributed by atoms with Crippen LogP contribution < -0.4 is 5.32 Å². The second-order valence-electron chi connectivity index (χ2n) is 6.74. The fraction of sp³-hybridized carbons (Fsp3) is 0.238. The van der Waals surface area contributed by atoms with Gasteiger partial charge in [-0.25, -0.2) is 0 Å². The first-order valence-electron chi connectivity index (χ1n) is 8.84.